The van der Waals surface area contributed by atoms with Crippen LogP contribution in [0.25, 0.3) is 0 Å². The smallest absolute Gasteiger partial charge is 0.387 e. The fourth-order valence-corrected chi connectivity index (χ4v) is 2.11. The summed E-state index contributed by atoms with van der Waals surface area (Å²) in [7, 11) is 0. The van der Waals surface area contributed by atoms with Gasteiger partial charge in [-0.05, 0) is 13.0 Å². The molecule has 20 heavy (non-hydrogen) atoms. The number of rotatable bonds is 6. The molecule has 0 radical (unpaired) electrons. The number of alkyl halides is 2. The molecule has 0 saturated carbocycles. The van der Waals surface area contributed by atoms with E-state index in [0.717, 1.165) is 12.4 Å². The minimum Gasteiger partial charge on any atom is -0.434 e. The number of ether oxygens (including phenoxy) is 1. The van der Waals surface area contributed by atoms with Gasteiger partial charge in [0.15, 0.2) is 0 Å². The number of halogens is 2. The van der Waals surface area contributed by atoms with E-state index in [-0.39, 0.29) is 5.75 Å². The Morgan fingerprint density at radius 2 is 2.10 bits per heavy atom. The molecule has 1 unspecified atom stereocenters. The molecular formula is C14H17F2N3O. The molecule has 1 heterocycles. The maximum Gasteiger partial charge on any atom is 0.387 e. The summed E-state index contributed by atoms with van der Waals surface area (Å²) in [6.07, 6.45) is 4.03. The second kappa shape index (κ2) is 6.47. The van der Waals surface area contributed by atoms with Crippen molar-refractivity contribution >= 4 is 0 Å². The number of aryl methyl sites for hydroxylation is 1. The van der Waals surface area contributed by atoms with Gasteiger partial charge in [-0.25, -0.2) is 4.98 Å². The summed E-state index contributed by atoms with van der Waals surface area (Å²) >= 11 is 0. The first-order chi connectivity index (χ1) is 9.61. The number of nitrogens with zero attached hydrogens (tertiary/aromatic N) is 2. The van der Waals surface area contributed by atoms with Crippen molar-refractivity contribution in [3.63, 3.8) is 0 Å². The van der Waals surface area contributed by atoms with Crippen molar-refractivity contribution in [2.24, 2.45) is 5.73 Å². The third kappa shape index (κ3) is 3.33. The Bertz CT molecular complexity index is 557. The average molecular weight is 281 g/mol. The van der Waals surface area contributed by atoms with Crippen molar-refractivity contribution in [2.45, 2.75) is 32.5 Å². The molecule has 0 aliphatic carbocycles. The molecule has 1 atom stereocenters. The maximum atomic E-state index is 12.4. The maximum absolute atomic E-state index is 12.4. The lowest BCUT2D eigenvalue weighted by Gasteiger charge is -2.16. The molecule has 0 aliphatic heterocycles. The zero-order chi connectivity index (χ0) is 14.5. The van der Waals surface area contributed by atoms with E-state index in [4.69, 9.17) is 5.73 Å². The van der Waals surface area contributed by atoms with Gasteiger partial charge in [0.1, 0.15) is 11.6 Å². The molecule has 108 valence electrons. The number of benzene rings is 1. The van der Waals surface area contributed by atoms with Crippen LogP contribution in [0.1, 0.15) is 24.4 Å². The van der Waals surface area contributed by atoms with Crippen molar-refractivity contribution in [3.05, 3.63) is 48.0 Å². The number of nitrogens with two attached hydrogens (primary N) is 1. The highest BCUT2D eigenvalue weighted by Gasteiger charge is 2.17. The molecule has 0 bridgehead atoms. The van der Waals surface area contributed by atoms with E-state index < -0.39 is 12.7 Å². The van der Waals surface area contributed by atoms with Crippen LogP contribution in [0.2, 0.25) is 0 Å². The van der Waals surface area contributed by atoms with Gasteiger partial charge < -0.3 is 15.0 Å². The molecule has 2 rings (SSSR count). The Balaban J connectivity index is 2.18. The quantitative estimate of drug-likeness (QED) is 0.885. The highest BCUT2D eigenvalue weighted by atomic mass is 19.3. The zero-order valence-corrected chi connectivity index (χ0v) is 11.2. The molecule has 0 saturated heterocycles. The summed E-state index contributed by atoms with van der Waals surface area (Å²) in [5.41, 5.74) is 6.66. The van der Waals surface area contributed by atoms with Crippen molar-refractivity contribution in [1.29, 1.82) is 0 Å². The van der Waals surface area contributed by atoms with E-state index in [1.54, 1.807) is 24.4 Å². The van der Waals surface area contributed by atoms with Gasteiger partial charge in [0.2, 0.25) is 0 Å². The number of hydrogen-bond donors (Lipinski definition) is 1. The lowest BCUT2D eigenvalue weighted by molar-refractivity contribution is -0.0506. The molecule has 2 aromatic rings. The Morgan fingerprint density at radius 3 is 2.80 bits per heavy atom. The van der Waals surface area contributed by atoms with E-state index >= 15 is 0 Å². The first-order valence-corrected chi connectivity index (χ1v) is 6.41. The molecule has 4 nitrogen and oxygen atoms in total. The minimum atomic E-state index is -2.86. The Morgan fingerprint density at radius 1 is 1.35 bits per heavy atom. The lowest BCUT2D eigenvalue weighted by Crippen LogP contribution is -2.18. The first-order valence-electron chi connectivity index (χ1n) is 6.41. The van der Waals surface area contributed by atoms with Crippen molar-refractivity contribution < 1.29 is 13.5 Å². The third-order valence-electron chi connectivity index (χ3n) is 3.08. The van der Waals surface area contributed by atoms with Crippen LogP contribution in [-0.4, -0.2) is 16.2 Å². The van der Waals surface area contributed by atoms with Crippen molar-refractivity contribution in [3.8, 4) is 5.75 Å². The number of aromatic nitrogens is 2. The van der Waals surface area contributed by atoms with Crippen LogP contribution in [0.3, 0.4) is 0 Å². The highest BCUT2D eigenvalue weighted by molar-refractivity contribution is 5.36. The van der Waals surface area contributed by atoms with Gasteiger partial charge in [0.25, 0.3) is 0 Å². The second-order valence-electron chi connectivity index (χ2n) is 4.36. The van der Waals surface area contributed by atoms with Gasteiger partial charge in [-0.2, -0.15) is 8.78 Å². The van der Waals surface area contributed by atoms with Gasteiger partial charge in [0, 0.05) is 37.0 Å². The largest absolute Gasteiger partial charge is 0.434 e. The molecule has 1 aromatic heterocycles. The fourth-order valence-electron chi connectivity index (χ4n) is 2.11. The first kappa shape index (κ1) is 14.5. The summed E-state index contributed by atoms with van der Waals surface area (Å²) in [5, 5.41) is 0. The summed E-state index contributed by atoms with van der Waals surface area (Å²) in [6.45, 7) is -0.0668. The SMILES string of the molecule is CCn1ccnc1CC(N)c1ccccc1OC(F)F. The lowest BCUT2D eigenvalue weighted by atomic mass is 10.0. The minimum absolute atomic E-state index is 0.115. The van der Waals surface area contributed by atoms with Crippen LogP contribution < -0.4 is 10.5 Å². The van der Waals surface area contributed by atoms with Crippen molar-refractivity contribution in [1.82, 2.24) is 9.55 Å². The molecule has 2 N–H and O–H groups in total. The van der Waals surface area contributed by atoms with Gasteiger partial charge in [-0.15, -0.1) is 0 Å². The molecule has 0 aliphatic rings. The van der Waals surface area contributed by atoms with E-state index in [2.05, 4.69) is 9.72 Å². The average Bonchev–Trinajstić information content (AvgIpc) is 2.85. The Hall–Kier alpha value is -1.95. The van der Waals surface area contributed by atoms with Crippen LogP contribution in [-0.2, 0) is 13.0 Å². The van der Waals surface area contributed by atoms with Gasteiger partial charge in [-0.3, -0.25) is 0 Å². The molecule has 1 aromatic carbocycles. The van der Waals surface area contributed by atoms with Crippen LogP contribution in [0.4, 0.5) is 8.78 Å². The van der Waals surface area contributed by atoms with Gasteiger partial charge in [0.05, 0.1) is 0 Å². The molecule has 0 fully saturated rings. The summed E-state index contributed by atoms with van der Waals surface area (Å²) in [6, 6.07) is 6.13. The third-order valence-corrected chi connectivity index (χ3v) is 3.08. The Kier molecular flexibility index (Phi) is 4.68. The topological polar surface area (TPSA) is 53.1 Å². The predicted molar refractivity (Wildman–Crippen MR) is 71.6 cm³/mol. The monoisotopic (exact) mass is 281 g/mol. The number of para-hydroxylation sites is 1. The van der Waals surface area contributed by atoms with Crippen LogP contribution in [0.5, 0.6) is 5.75 Å². The predicted octanol–water partition coefficient (Wildman–Crippen LogP) is 2.75. The van der Waals surface area contributed by atoms with E-state index in [1.807, 2.05) is 17.7 Å². The molecule has 6 heteroatoms. The summed E-state index contributed by atoms with van der Waals surface area (Å²) in [4.78, 5) is 4.24. The summed E-state index contributed by atoms with van der Waals surface area (Å²) in [5.74, 6) is 0.941. The second-order valence-corrected chi connectivity index (χ2v) is 4.36. The van der Waals surface area contributed by atoms with Crippen LogP contribution >= 0.6 is 0 Å². The van der Waals surface area contributed by atoms with Crippen molar-refractivity contribution in [2.75, 3.05) is 0 Å². The van der Waals surface area contributed by atoms with Crippen LogP contribution in [0.15, 0.2) is 36.7 Å². The van der Waals surface area contributed by atoms with E-state index in [0.29, 0.717) is 12.0 Å². The Labute approximate surface area is 116 Å². The van der Waals surface area contributed by atoms with E-state index in [9.17, 15) is 8.78 Å². The van der Waals surface area contributed by atoms with Gasteiger partial charge >= 0.3 is 6.61 Å². The summed E-state index contributed by atoms with van der Waals surface area (Å²) < 4.78 is 31.2. The van der Waals surface area contributed by atoms with Crippen LogP contribution in [0, 0.1) is 0 Å². The normalized spacial score (nSPS) is 12.7. The molecule has 0 spiro atoms. The molecule has 0 amide bonds. The zero-order valence-electron chi connectivity index (χ0n) is 11.2. The number of imidazole rings is 1. The van der Waals surface area contributed by atoms with Gasteiger partial charge in [-0.1, -0.05) is 18.2 Å². The standard InChI is InChI=1S/C14H17F2N3O/c1-2-19-8-7-18-13(19)9-11(17)10-5-3-4-6-12(10)20-14(15)16/h3-8,11,14H,2,9,17H2,1H3. The highest BCUT2D eigenvalue weighted by Crippen LogP contribution is 2.27. The van der Waals surface area contributed by atoms with E-state index in [1.165, 1.54) is 6.07 Å². The fraction of sp³-hybridized carbons (Fsp3) is 0.357. The molecular weight excluding hydrogens is 264 g/mol. The number of hydrogen-bond acceptors (Lipinski definition) is 3.